The third kappa shape index (κ3) is 2.38. The minimum absolute atomic E-state index is 0.157. The molecule has 1 aliphatic rings. The zero-order valence-electron chi connectivity index (χ0n) is 11.7. The van der Waals surface area contributed by atoms with Crippen LogP contribution in [0.4, 0.5) is 0 Å². The Kier molecular flexibility index (Phi) is 3.04. The summed E-state index contributed by atoms with van der Waals surface area (Å²) in [4.78, 5) is 2.30. The molecule has 0 saturated heterocycles. The summed E-state index contributed by atoms with van der Waals surface area (Å²) in [5, 5.41) is 0. The van der Waals surface area contributed by atoms with E-state index in [-0.39, 0.29) is 11.5 Å². The molecule has 1 aliphatic heterocycles. The van der Waals surface area contributed by atoms with Crippen molar-refractivity contribution in [3.05, 3.63) is 34.4 Å². The molecule has 1 heterocycles. The normalized spacial score (nSPS) is 21.4. The molecule has 0 amide bonds. The van der Waals surface area contributed by atoms with Gasteiger partial charge in [-0.3, -0.25) is 0 Å². The molecular weight excluding hydrogens is 208 g/mol. The zero-order valence-corrected chi connectivity index (χ0v) is 11.7. The molecule has 2 nitrogen and oxygen atoms in total. The summed E-state index contributed by atoms with van der Waals surface area (Å²) in [5.41, 5.74) is 12.0. The van der Waals surface area contributed by atoms with Crippen LogP contribution in [0.5, 0.6) is 0 Å². The number of rotatable bonds is 0. The SMILES string of the molecule is Cc1cc(C(C)(C)C)cc2c1CN(C)CC2N. The Morgan fingerprint density at radius 3 is 2.53 bits per heavy atom. The predicted octanol–water partition coefficient (Wildman–Crippen LogP) is 2.74. The van der Waals surface area contributed by atoms with Crippen LogP contribution in [0, 0.1) is 6.92 Å². The molecule has 1 aromatic carbocycles. The van der Waals surface area contributed by atoms with Gasteiger partial charge in [0.15, 0.2) is 0 Å². The summed E-state index contributed by atoms with van der Waals surface area (Å²) in [7, 11) is 2.14. The van der Waals surface area contributed by atoms with Crippen LogP contribution in [0.15, 0.2) is 12.1 Å². The van der Waals surface area contributed by atoms with Crippen molar-refractivity contribution in [1.29, 1.82) is 0 Å². The molecule has 94 valence electrons. The second kappa shape index (κ2) is 4.11. The van der Waals surface area contributed by atoms with E-state index in [9.17, 15) is 0 Å². The fourth-order valence-electron chi connectivity index (χ4n) is 2.59. The Bertz CT molecular complexity index is 429. The van der Waals surface area contributed by atoms with Gasteiger partial charge in [-0.15, -0.1) is 0 Å². The number of nitrogens with two attached hydrogens (primary N) is 1. The van der Waals surface area contributed by atoms with Crippen LogP contribution in [-0.2, 0) is 12.0 Å². The maximum absolute atomic E-state index is 6.28. The standard InChI is InChI=1S/C15H24N2/c1-10-6-11(15(2,3)4)7-12-13(10)8-17(5)9-14(12)16/h6-7,14H,8-9,16H2,1-5H3. The molecule has 17 heavy (non-hydrogen) atoms. The lowest BCUT2D eigenvalue weighted by molar-refractivity contribution is 0.282. The van der Waals surface area contributed by atoms with Gasteiger partial charge in [-0.2, -0.15) is 0 Å². The van der Waals surface area contributed by atoms with Crippen molar-refractivity contribution in [3.63, 3.8) is 0 Å². The molecular formula is C15H24N2. The topological polar surface area (TPSA) is 29.3 Å². The molecule has 0 aromatic heterocycles. The fraction of sp³-hybridized carbons (Fsp3) is 0.600. The van der Waals surface area contributed by atoms with Crippen LogP contribution in [-0.4, -0.2) is 18.5 Å². The predicted molar refractivity (Wildman–Crippen MR) is 73.1 cm³/mol. The van der Waals surface area contributed by atoms with Gasteiger partial charge in [0.2, 0.25) is 0 Å². The van der Waals surface area contributed by atoms with Crippen molar-refractivity contribution >= 4 is 0 Å². The highest BCUT2D eigenvalue weighted by Crippen LogP contribution is 2.32. The highest BCUT2D eigenvalue weighted by Gasteiger charge is 2.24. The molecule has 2 rings (SSSR count). The van der Waals surface area contributed by atoms with Crippen molar-refractivity contribution in [2.24, 2.45) is 5.73 Å². The van der Waals surface area contributed by atoms with E-state index in [1.165, 1.54) is 22.3 Å². The van der Waals surface area contributed by atoms with Gasteiger partial charge in [-0.05, 0) is 41.6 Å². The molecule has 1 atom stereocenters. The van der Waals surface area contributed by atoms with Crippen LogP contribution >= 0.6 is 0 Å². The second-order valence-corrected chi connectivity index (χ2v) is 6.41. The van der Waals surface area contributed by atoms with Crippen LogP contribution in [0.25, 0.3) is 0 Å². The van der Waals surface area contributed by atoms with Gasteiger partial charge < -0.3 is 10.6 Å². The van der Waals surface area contributed by atoms with E-state index < -0.39 is 0 Å². The summed E-state index contributed by atoms with van der Waals surface area (Å²) in [6.45, 7) is 11.0. The largest absolute Gasteiger partial charge is 0.323 e. The van der Waals surface area contributed by atoms with Gasteiger partial charge in [-0.1, -0.05) is 32.9 Å². The van der Waals surface area contributed by atoms with E-state index in [0.29, 0.717) is 0 Å². The molecule has 2 heteroatoms. The summed E-state index contributed by atoms with van der Waals surface area (Å²) in [5.74, 6) is 0. The summed E-state index contributed by atoms with van der Waals surface area (Å²) < 4.78 is 0. The molecule has 0 spiro atoms. The van der Waals surface area contributed by atoms with Crippen molar-refractivity contribution in [2.45, 2.75) is 45.7 Å². The first kappa shape index (κ1) is 12.6. The zero-order chi connectivity index (χ0) is 12.8. The van der Waals surface area contributed by atoms with Crippen LogP contribution in [0.2, 0.25) is 0 Å². The molecule has 0 fully saturated rings. The first-order valence-electron chi connectivity index (χ1n) is 6.37. The Hall–Kier alpha value is -0.860. The van der Waals surface area contributed by atoms with Crippen molar-refractivity contribution in [1.82, 2.24) is 4.90 Å². The number of hydrogen-bond acceptors (Lipinski definition) is 2. The van der Waals surface area contributed by atoms with Crippen LogP contribution in [0.3, 0.4) is 0 Å². The number of fused-ring (bicyclic) bond motifs is 1. The van der Waals surface area contributed by atoms with Crippen LogP contribution < -0.4 is 5.73 Å². The van der Waals surface area contributed by atoms with Gasteiger partial charge in [0.1, 0.15) is 0 Å². The first-order chi connectivity index (χ1) is 7.79. The molecule has 0 radical (unpaired) electrons. The first-order valence-corrected chi connectivity index (χ1v) is 6.37. The quantitative estimate of drug-likeness (QED) is 0.745. The molecule has 0 bridgehead atoms. The third-order valence-electron chi connectivity index (χ3n) is 3.71. The number of likely N-dealkylation sites (N-methyl/N-ethyl adjacent to an activating group) is 1. The highest BCUT2D eigenvalue weighted by atomic mass is 15.1. The molecule has 0 saturated carbocycles. The minimum Gasteiger partial charge on any atom is -0.323 e. The third-order valence-corrected chi connectivity index (χ3v) is 3.71. The van der Waals surface area contributed by atoms with Crippen molar-refractivity contribution in [2.75, 3.05) is 13.6 Å². The van der Waals surface area contributed by atoms with E-state index in [1.54, 1.807) is 0 Å². The summed E-state index contributed by atoms with van der Waals surface area (Å²) >= 11 is 0. The average Bonchev–Trinajstić information content (AvgIpc) is 2.17. The average molecular weight is 232 g/mol. The Labute approximate surface area is 105 Å². The molecule has 1 unspecified atom stereocenters. The van der Waals surface area contributed by atoms with E-state index in [2.05, 4.69) is 51.8 Å². The van der Waals surface area contributed by atoms with Crippen LogP contribution in [0.1, 0.15) is 49.1 Å². The summed E-state index contributed by atoms with van der Waals surface area (Å²) in [6.07, 6.45) is 0. The molecule has 2 N–H and O–H groups in total. The molecule has 0 aliphatic carbocycles. The van der Waals surface area contributed by atoms with Gasteiger partial charge >= 0.3 is 0 Å². The Morgan fingerprint density at radius 2 is 1.94 bits per heavy atom. The minimum atomic E-state index is 0.157. The number of benzene rings is 1. The lowest BCUT2D eigenvalue weighted by Gasteiger charge is -2.33. The van der Waals surface area contributed by atoms with E-state index in [0.717, 1.165) is 13.1 Å². The summed E-state index contributed by atoms with van der Waals surface area (Å²) in [6, 6.07) is 4.80. The number of nitrogens with zero attached hydrogens (tertiary/aromatic N) is 1. The van der Waals surface area contributed by atoms with Gasteiger partial charge in [-0.25, -0.2) is 0 Å². The maximum Gasteiger partial charge on any atom is 0.0427 e. The van der Waals surface area contributed by atoms with E-state index in [1.807, 2.05) is 0 Å². The highest BCUT2D eigenvalue weighted by molar-refractivity contribution is 5.43. The van der Waals surface area contributed by atoms with Crippen molar-refractivity contribution in [3.8, 4) is 0 Å². The van der Waals surface area contributed by atoms with Crippen molar-refractivity contribution < 1.29 is 0 Å². The van der Waals surface area contributed by atoms with E-state index in [4.69, 9.17) is 5.73 Å². The monoisotopic (exact) mass is 232 g/mol. The Morgan fingerprint density at radius 1 is 1.29 bits per heavy atom. The maximum atomic E-state index is 6.28. The number of aryl methyl sites for hydroxylation is 1. The smallest absolute Gasteiger partial charge is 0.0427 e. The van der Waals surface area contributed by atoms with Gasteiger partial charge in [0, 0.05) is 19.1 Å². The number of hydrogen-bond donors (Lipinski definition) is 1. The Balaban J connectivity index is 2.54. The lowest BCUT2D eigenvalue weighted by Crippen LogP contribution is -2.35. The molecule has 1 aromatic rings. The lowest BCUT2D eigenvalue weighted by atomic mass is 9.81. The fourth-order valence-corrected chi connectivity index (χ4v) is 2.59. The second-order valence-electron chi connectivity index (χ2n) is 6.41. The van der Waals surface area contributed by atoms with Gasteiger partial charge in [0.05, 0.1) is 0 Å². The van der Waals surface area contributed by atoms with E-state index >= 15 is 0 Å². The van der Waals surface area contributed by atoms with Gasteiger partial charge in [0.25, 0.3) is 0 Å².